The van der Waals surface area contributed by atoms with Crippen molar-refractivity contribution in [1.82, 2.24) is 15.6 Å². The van der Waals surface area contributed by atoms with Crippen LogP contribution in [0, 0.1) is 5.92 Å². The van der Waals surface area contributed by atoms with Crippen molar-refractivity contribution in [2.75, 3.05) is 19.6 Å². The zero-order chi connectivity index (χ0) is 16.8. The molecule has 6 heteroatoms. The molecule has 0 radical (unpaired) electrons. The highest BCUT2D eigenvalue weighted by atomic mass is 35.5. The largest absolute Gasteiger partial charge is 0.441 e. The second-order valence-corrected chi connectivity index (χ2v) is 6.50. The Balaban J connectivity index is 1.43. The number of benzene rings is 1. The molecule has 1 aliphatic rings. The van der Waals surface area contributed by atoms with Gasteiger partial charge in [-0.1, -0.05) is 23.7 Å². The Labute approximate surface area is 146 Å². The van der Waals surface area contributed by atoms with Gasteiger partial charge in [-0.05, 0) is 44.0 Å². The summed E-state index contributed by atoms with van der Waals surface area (Å²) in [5, 5.41) is 6.93. The van der Waals surface area contributed by atoms with Gasteiger partial charge in [0.2, 0.25) is 5.91 Å². The summed E-state index contributed by atoms with van der Waals surface area (Å²) in [6.45, 7) is 2.90. The van der Waals surface area contributed by atoms with Crippen LogP contribution in [0.3, 0.4) is 0 Å². The molecule has 0 saturated carbocycles. The highest BCUT2D eigenvalue weighted by Gasteiger charge is 2.14. The van der Waals surface area contributed by atoms with Crippen LogP contribution in [-0.2, 0) is 11.2 Å². The third kappa shape index (κ3) is 4.58. The number of carbonyl (C=O) groups is 1. The van der Waals surface area contributed by atoms with Crippen molar-refractivity contribution in [2.24, 2.45) is 5.92 Å². The monoisotopic (exact) mass is 347 g/mol. The summed E-state index contributed by atoms with van der Waals surface area (Å²) in [5.41, 5.74) is 0.813. The number of amides is 1. The van der Waals surface area contributed by atoms with Crippen LogP contribution in [0.2, 0.25) is 5.02 Å². The van der Waals surface area contributed by atoms with Crippen molar-refractivity contribution in [2.45, 2.75) is 25.7 Å². The van der Waals surface area contributed by atoms with Crippen LogP contribution >= 0.6 is 11.6 Å². The number of aryl methyl sites for hydroxylation is 1. The molecule has 0 bridgehead atoms. The molecular formula is C18H22ClN3O2. The lowest BCUT2D eigenvalue weighted by molar-refractivity contribution is -0.121. The van der Waals surface area contributed by atoms with Gasteiger partial charge in [-0.3, -0.25) is 4.79 Å². The maximum atomic E-state index is 11.9. The molecule has 1 atom stereocenters. The summed E-state index contributed by atoms with van der Waals surface area (Å²) in [6.07, 6.45) is 4.76. The number of oxazole rings is 1. The van der Waals surface area contributed by atoms with Gasteiger partial charge < -0.3 is 15.1 Å². The summed E-state index contributed by atoms with van der Waals surface area (Å²) in [5.74, 6) is 1.92. The van der Waals surface area contributed by atoms with E-state index >= 15 is 0 Å². The molecule has 1 unspecified atom stereocenters. The summed E-state index contributed by atoms with van der Waals surface area (Å²) >= 11 is 6.15. The van der Waals surface area contributed by atoms with Gasteiger partial charge in [-0.2, -0.15) is 0 Å². The Morgan fingerprint density at radius 2 is 2.29 bits per heavy atom. The minimum Gasteiger partial charge on any atom is -0.441 e. The number of aromatic nitrogens is 1. The Bertz CT molecular complexity index is 680. The van der Waals surface area contributed by atoms with Crippen molar-refractivity contribution in [3.05, 3.63) is 41.4 Å². The van der Waals surface area contributed by atoms with E-state index in [4.69, 9.17) is 16.0 Å². The van der Waals surface area contributed by atoms with Crippen molar-refractivity contribution in [3.8, 4) is 11.3 Å². The first-order valence-corrected chi connectivity index (χ1v) is 8.77. The summed E-state index contributed by atoms with van der Waals surface area (Å²) in [7, 11) is 0. The Morgan fingerprint density at radius 3 is 3.08 bits per heavy atom. The number of halogens is 1. The first-order chi connectivity index (χ1) is 11.7. The van der Waals surface area contributed by atoms with E-state index < -0.39 is 0 Å². The van der Waals surface area contributed by atoms with Crippen molar-refractivity contribution < 1.29 is 9.21 Å². The number of rotatable bonds is 7. The van der Waals surface area contributed by atoms with Gasteiger partial charge in [0.05, 0.1) is 11.2 Å². The Morgan fingerprint density at radius 1 is 1.42 bits per heavy atom. The molecule has 1 amide bonds. The second kappa shape index (κ2) is 8.31. The molecule has 1 aromatic carbocycles. The molecule has 24 heavy (non-hydrogen) atoms. The van der Waals surface area contributed by atoms with Crippen molar-refractivity contribution >= 4 is 17.5 Å². The molecule has 2 heterocycles. The van der Waals surface area contributed by atoms with Gasteiger partial charge in [-0.25, -0.2) is 4.98 Å². The number of nitrogens with zero attached hydrogens (tertiary/aromatic N) is 1. The molecule has 0 spiro atoms. The molecule has 128 valence electrons. The lowest BCUT2D eigenvalue weighted by atomic mass is 10.1. The fourth-order valence-corrected chi connectivity index (χ4v) is 3.13. The van der Waals surface area contributed by atoms with Crippen LogP contribution < -0.4 is 10.6 Å². The van der Waals surface area contributed by atoms with Gasteiger partial charge in [0.25, 0.3) is 0 Å². The van der Waals surface area contributed by atoms with E-state index in [0.29, 0.717) is 35.4 Å². The highest BCUT2D eigenvalue weighted by Crippen LogP contribution is 2.28. The molecule has 1 aromatic heterocycles. The fourth-order valence-electron chi connectivity index (χ4n) is 2.90. The first kappa shape index (κ1) is 17.0. The summed E-state index contributed by atoms with van der Waals surface area (Å²) < 4.78 is 5.70. The molecule has 1 fully saturated rings. The van der Waals surface area contributed by atoms with E-state index in [1.807, 2.05) is 24.3 Å². The number of hydrogen-bond donors (Lipinski definition) is 2. The van der Waals surface area contributed by atoms with Crippen LogP contribution in [0.4, 0.5) is 0 Å². The number of nitrogens with one attached hydrogen (secondary N) is 2. The molecule has 1 saturated heterocycles. The van der Waals surface area contributed by atoms with Gasteiger partial charge >= 0.3 is 0 Å². The van der Waals surface area contributed by atoms with Crippen molar-refractivity contribution in [1.29, 1.82) is 0 Å². The highest BCUT2D eigenvalue weighted by molar-refractivity contribution is 6.33. The molecule has 2 aromatic rings. The zero-order valence-corrected chi connectivity index (χ0v) is 14.3. The topological polar surface area (TPSA) is 67.2 Å². The van der Waals surface area contributed by atoms with Gasteiger partial charge in [0.15, 0.2) is 11.7 Å². The van der Waals surface area contributed by atoms with Gasteiger partial charge in [0.1, 0.15) is 0 Å². The Kier molecular flexibility index (Phi) is 5.88. The molecular weight excluding hydrogens is 326 g/mol. The first-order valence-electron chi connectivity index (χ1n) is 8.39. The molecule has 3 rings (SSSR count). The van der Waals surface area contributed by atoms with E-state index in [0.717, 1.165) is 31.6 Å². The predicted molar refractivity (Wildman–Crippen MR) is 93.9 cm³/mol. The summed E-state index contributed by atoms with van der Waals surface area (Å²) in [4.78, 5) is 16.1. The Hall–Kier alpha value is -1.85. The standard InChI is InChI=1S/C18H22ClN3O2/c19-15-4-2-1-3-14(15)16-12-22-18(24-16)6-5-17(23)21-10-8-13-7-9-20-11-13/h1-4,12-13,20H,5-11H2,(H,21,23). The van der Waals surface area contributed by atoms with Gasteiger partial charge in [-0.15, -0.1) is 0 Å². The molecule has 2 N–H and O–H groups in total. The zero-order valence-electron chi connectivity index (χ0n) is 13.6. The maximum Gasteiger partial charge on any atom is 0.220 e. The van der Waals surface area contributed by atoms with Gasteiger partial charge in [0, 0.05) is 24.9 Å². The average molecular weight is 348 g/mol. The van der Waals surface area contributed by atoms with E-state index in [2.05, 4.69) is 15.6 Å². The number of hydrogen-bond acceptors (Lipinski definition) is 4. The predicted octanol–water partition coefficient (Wildman–Crippen LogP) is 3.04. The fraction of sp³-hybridized carbons (Fsp3) is 0.444. The van der Waals surface area contributed by atoms with Crippen LogP contribution in [0.15, 0.2) is 34.9 Å². The molecule has 1 aliphatic heterocycles. The normalized spacial score (nSPS) is 17.1. The van der Waals surface area contributed by atoms with E-state index in [9.17, 15) is 4.79 Å². The van der Waals surface area contributed by atoms with Crippen LogP contribution in [-0.4, -0.2) is 30.5 Å². The lowest BCUT2D eigenvalue weighted by Crippen LogP contribution is -2.26. The SMILES string of the molecule is O=C(CCc1ncc(-c2ccccc2Cl)o1)NCCC1CCNC1. The van der Waals surface area contributed by atoms with E-state index in [-0.39, 0.29) is 5.91 Å². The summed E-state index contributed by atoms with van der Waals surface area (Å²) in [6, 6.07) is 7.47. The quantitative estimate of drug-likeness (QED) is 0.807. The van der Waals surface area contributed by atoms with Crippen LogP contribution in [0.1, 0.15) is 25.2 Å². The van der Waals surface area contributed by atoms with Crippen LogP contribution in [0.25, 0.3) is 11.3 Å². The lowest BCUT2D eigenvalue weighted by Gasteiger charge is -2.08. The minimum atomic E-state index is 0.0402. The van der Waals surface area contributed by atoms with E-state index in [1.54, 1.807) is 6.20 Å². The smallest absolute Gasteiger partial charge is 0.220 e. The van der Waals surface area contributed by atoms with E-state index in [1.165, 1.54) is 6.42 Å². The third-order valence-electron chi connectivity index (χ3n) is 4.30. The molecule has 5 nitrogen and oxygen atoms in total. The number of carbonyl (C=O) groups excluding carboxylic acids is 1. The second-order valence-electron chi connectivity index (χ2n) is 6.10. The molecule has 0 aliphatic carbocycles. The maximum absolute atomic E-state index is 11.9. The minimum absolute atomic E-state index is 0.0402. The van der Waals surface area contributed by atoms with Crippen molar-refractivity contribution in [3.63, 3.8) is 0 Å². The van der Waals surface area contributed by atoms with Crippen LogP contribution in [0.5, 0.6) is 0 Å². The third-order valence-corrected chi connectivity index (χ3v) is 4.63. The average Bonchev–Trinajstić information content (AvgIpc) is 3.25.